The van der Waals surface area contributed by atoms with Crippen molar-refractivity contribution in [3.8, 4) is 16.9 Å². The number of esters is 1. The van der Waals surface area contributed by atoms with Crippen molar-refractivity contribution in [3.63, 3.8) is 0 Å². The molecule has 1 amide bonds. The Hall–Kier alpha value is -3.58. The zero-order valence-electron chi connectivity index (χ0n) is 24.8. The quantitative estimate of drug-likeness (QED) is 0.123. The Morgan fingerprint density at radius 2 is 1.30 bits per heavy atom. The van der Waals surface area contributed by atoms with Gasteiger partial charge < -0.3 is 45.2 Å². The van der Waals surface area contributed by atoms with E-state index in [0.717, 1.165) is 33.2 Å². The standard InChI is InChI=1S/C32H43N3O8/c1-38-32(37)22-29(35-31(36)23-34)25-8-6-24(7-9-25)26-10-11-30(28-5-3-2-4-27(26)28)43-21-20-42-19-18-41-17-16-40-15-14-39-13-12-33/h2-11,29H,12-23,33-34H2,1H3,(H,35,36)/t29-/m0/s1. The molecular formula is C32H43N3O8. The molecule has 3 rings (SSSR count). The predicted molar refractivity (Wildman–Crippen MR) is 164 cm³/mol. The molecule has 11 heteroatoms. The fourth-order valence-corrected chi connectivity index (χ4v) is 4.36. The fraction of sp³-hybridized carbons (Fsp3) is 0.438. The Bertz CT molecular complexity index is 1240. The van der Waals surface area contributed by atoms with Crippen molar-refractivity contribution in [1.29, 1.82) is 0 Å². The monoisotopic (exact) mass is 597 g/mol. The maximum atomic E-state index is 11.9. The summed E-state index contributed by atoms with van der Waals surface area (Å²) in [5, 5.41) is 4.81. The van der Waals surface area contributed by atoms with Gasteiger partial charge in [0.15, 0.2) is 0 Å². The molecule has 0 radical (unpaired) electrons. The Kier molecular flexibility index (Phi) is 15.4. The number of carbonyl (C=O) groups is 2. The average molecular weight is 598 g/mol. The van der Waals surface area contributed by atoms with Gasteiger partial charge in [-0.1, -0.05) is 54.6 Å². The average Bonchev–Trinajstić information content (AvgIpc) is 3.04. The summed E-state index contributed by atoms with van der Waals surface area (Å²) < 4.78 is 32.6. The second-order valence-corrected chi connectivity index (χ2v) is 9.47. The van der Waals surface area contributed by atoms with E-state index in [1.54, 1.807) is 0 Å². The Labute approximate surface area is 252 Å². The van der Waals surface area contributed by atoms with Crippen LogP contribution in [0.2, 0.25) is 0 Å². The highest BCUT2D eigenvalue weighted by atomic mass is 16.6. The van der Waals surface area contributed by atoms with Gasteiger partial charge in [-0.15, -0.1) is 0 Å². The highest BCUT2D eigenvalue weighted by Crippen LogP contribution is 2.35. The molecule has 3 aromatic rings. The maximum absolute atomic E-state index is 11.9. The van der Waals surface area contributed by atoms with E-state index in [2.05, 4.69) is 11.4 Å². The van der Waals surface area contributed by atoms with Gasteiger partial charge in [-0.2, -0.15) is 0 Å². The van der Waals surface area contributed by atoms with Crippen LogP contribution in [0, 0.1) is 0 Å². The van der Waals surface area contributed by atoms with Gasteiger partial charge in [0.05, 0.1) is 79.0 Å². The van der Waals surface area contributed by atoms with Crippen molar-refractivity contribution in [2.24, 2.45) is 11.5 Å². The SMILES string of the molecule is COC(=O)C[C@H](NC(=O)CN)c1ccc(-c2ccc(OCCOCCOCCOCCOCCN)c3ccccc23)cc1. The molecule has 0 saturated heterocycles. The molecule has 234 valence electrons. The lowest BCUT2D eigenvalue weighted by atomic mass is 9.95. The topological polar surface area (TPSA) is 154 Å². The first-order valence-corrected chi connectivity index (χ1v) is 14.4. The van der Waals surface area contributed by atoms with Crippen molar-refractivity contribution in [3.05, 3.63) is 66.2 Å². The first-order valence-electron chi connectivity index (χ1n) is 14.4. The van der Waals surface area contributed by atoms with Gasteiger partial charge in [0.1, 0.15) is 12.4 Å². The van der Waals surface area contributed by atoms with Crippen LogP contribution in [0.1, 0.15) is 18.0 Å². The van der Waals surface area contributed by atoms with Crippen molar-refractivity contribution in [1.82, 2.24) is 5.32 Å². The number of benzene rings is 3. The summed E-state index contributed by atoms with van der Waals surface area (Å²) in [5.74, 6) is 0.000411. The molecule has 43 heavy (non-hydrogen) atoms. The molecule has 0 aliphatic heterocycles. The van der Waals surface area contributed by atoms with Gasteiger partial charge in [0, 0.05) is 11.9 Å². The number of ether oxygens (including phenoxy) is 6. The number of fused-ring (bicyclic) bond motifs is 1. The van der Waals surface area contributed by atoms with E-state index in [-0.39, 0.29) is 18.9 Å². The molecule has 11 nitrogen and oxygen atoms in total. The van der Waals surface area contributed by atoms with Crippen LogP contribution in [-0.4, -0.2) is 91.5 Å². The number of rotatable bonds is 21. The van der Waals surface area contributed by atoms with Crippen LogP contribution in [0.5, 0.6) is 5.75 Å². The summed E-state index contributed by atoms with van der Waals surface area (Å²) in [5.41, 5.74) is 13.6. The molecule has 0 aromatic heterocycles. The Morgan fingerprint density at radius 3 is 1.88 bits per heavy atom. The van der Waals surface area contributed by atoms with Crippen molar-refractivity contribution in [2.75, 3.05) is 79.7 Å². The summed E-state index contributed by atoms with van der Waals surface area (Å²) in [4.78, 5) is 23.8. The van der Waals surface area contributed by atoms with Crippen LogP contribution in [0.15, 0.2) is 60.7 Å². The second-order valence-electron chi connectivity index (χ2n) is 9.47. The van der Waals surface area contributed by atoms with Gasteiger partial charge in [-0.25, -0.2) is 0 Å². The maximum Gasteiger partial charge on any atom is 0.307 e. The highest BCUT2D eigenvalue weighted by molar-refractivity contribution is 6.00. The second kappa shape index (κ2) is 19.6. The van der Waals surface area contributed by atoms with Gasteiger partial charge >= 0.3 is 5.97 Å². The Morgan fingerprint density at radius 1 is 0.721 bits per heavy atom. The number of methoxy groups -OCH3 is 1. The molecule has 1 atom stereocenters. The fourth-order valence-electron chi connectivity index (χ4n) is 4.36. The summed E-state index contributed by atoms with van der Waals surface area (Å²) in [6.07, 6.45) is 0.00864. The third-order valence-electron chi connectivity index (χ3n) is 6.49. The smallest absolute Gasteiger partial charge is 0.307 e. The number of nitrogens with two attached hydrogens (primary N) is 2. The zero-order valence-corrected chi connectivity index (χ0v) is 24.8. The van der Waals surface area contributed by atoms with Crippen LogP contribution in [0.25, 0.3) is 21.9 Å². The number of amides is 1. The van der Waals surface area contributed by atoms with E-state index in [0.29, 0.717) is 66.0 Å². The number of nitrogens with one attached hydrogen (secondary N) is 1. The first-order chi connectivity index (χ1) is 21.1. The van der Waals surface area contributed by atoms with Crippen LogP contribution in [0.4, 0.5) is 0 Å². The summed E-state index contributed by atoms with van der Waals surface area (Å²) in [7, 11) is 1.32. The number of hydrogen-bond donors (Lipinski definition) is 3. The first kappa shape index (κ1) is 33.9. The van der Waals surface area contributed by atoms with E-state index in [4.69, 9.17) is 39.9 Å². The number of hydrogen-bond acceptors (Lipinski definition) is 10. The summed E-state index contributed by atoms with van der Waals surface area (Å²) in [6, 6.07) is 19.2. The van der Waals surface area contributed by atoms with E-state index < -0.39 is 12.0 Å². The predicted octanol–water partition coefficient (Wildman–Crippen LogP) is 2.59. The minimum absolute atomic E-state index is 0.00864. The van der Waals surface area contributed by atoms with Gasteiger partial charge in [-0.3, -0.25) is 9.59 Å². The summed E-state index contributed by atoms with van der Waals surface area (Å²) in [6.45, 7) is 4.72. The highest BCUT2D eigenvalue weighted by Gasteiger charge is 2.19. The van der Waals surface area contributed by atoms with Gasteiger partial charge in [-0.05, 0) is 28.1 Å². The lowest BCUT2D eigenvalue weighted by Gasteiger charge is -2.18. The molecule has 5 N–H and O–H groups in total. The minimum Gasteiger partial charge on any atom is -0.491 e. The van der Waals surface area contributed by atoms with Crippen LogP contribution in [0.3, 0.4) is 0 Å². The number of carbonyl (C=O) groups excluding carboxylic acids is 2. The molecule has 0 heterocycles. The molecule has 0 bridgehead atoms. The minimum atomic E-state index is -0.537. The third kappa shape index (κ3) is 11.6. The Balaban J connectivity index is 1.50. The molecule has 0 unspecified atom stereocenters. The molecule has 0 spiro atoms. The van der Waals surface area contributed by atoms with Crippen molar-refractivity contribution in [2.45, 2.75) is 12.5 Å². The van der Waals surface area contributed by atoms with Gasteiger partial charge in [0.2, 0.25) is 5.91 Å². The van der Waals surface area contributed by atoms with Crippen molar-refractivity contribution < 1.29 is 38.0 Å². The summed E-state index contributed by atoms with van der Waals surface area (Å²) >= 11 is 0. The lowest BCUT2D eigenvalue weighted by molar-refractivity contribution is -0.141. The third-order valence-corrected chi connectivity index (χ3v) is 6.49. The zero-order chi connectivity index (χ0) is 30.7. The van der Waals surface area contributed by atoms with E-state index in [1.807, 2.05) is 54.6 Å². The molecule has 0 fully saturated rings. The van der Waals surface area contributed by atoms with Crippen LogP contribution < -0.4 is 21.5 Å². The van der Waals surface area contributed by atoms with E-state index >= 15 is 0 Å². The molecule has 0 aliphatic rings. The molecule has 0 saturated carbocycles. The normalized spacial score (nSPS) is 11.8. The lowest BCUT2D eigenvalue weighted by Crippen LogP contribution is -2.35. The van der Waals surface area contributed by atoms with E-state index in [1.165, 1.54) is 7.11 Å². The van der Waals surface area contributed by atoms with Crippen LogP contribution in [-0.2, 0) is 33.3 Å². The molecule has 0 aliphatic carbocycles. The van der Waals surface area contributed by atoms with Crippen molar-refractivity contribution >= 4 is 22.6 Å². The largest absolute Gasteiger partial charge is 0.491 e. The molecular weight excluding hydrogens is 554 g/mol. The van der Waals surface area contributed by atoms with E-state index in [9.17, 15) is 9.59 Å². The van der Waals surface area contributed by atoms with Crippen LogP contribution >= 0.6 is 0 Å². The van der Waals surface area contributed by atoms with Gasteiger partial charge in [0.25, 0.3) is 0 Å². The molecule has 3 aromatic carbocycles.